The van der Waals surface area contributed by atoms with E-state index in [0.29, 0.717) is 28.3 Å². The Balaban J connectivity index is 2.34. The van der Waals surface area contributed by atoms with Gasteiger partial charge in [-0.2, -0.15) is 5.26 Å². The molecule has 0 bridgehead atoms. The molecule has 0 unspecified atom stereocenters. The lowest BCUT2D eigenvalue weighted by molar-refractivity contribution is -0.136. The third kappa shape index (κ3) is 3.57. The second kappa shape index (κ2) is 6.06. The molecule has 21 heavy (non-hydrogen) atoms. The lowest BCUT2D eigenvalue weighted by atomic mass is 10.1. The van der Waals surface area contributed by atoms with Gasteiger partial charge in [-0.3, -0.25) is 9.78 Å². The number of rotatable bonds is 4. The van der Waals surface area contributed by atoms with Crippen molar-refractivity contribution in [1.82, 2.24) is 4.98 Å². The number of pyridine rings is 1. The Bertz CT molecular complexity index is 733. The zero-order valence-electron chi connectivity index (χ0n) is 11.8. The Hall–Kier alpha value is -2.87. The molecule has 0 aliphatic carbocycles. The Labute approximate surface area is 122 Å². The predicted molar refractivity (Wildman–Crippen MR) is 76.3 cm³/mol. The van der Waals surface area contributed by atoms with Gasteiger partial charge in [-0.15, -0.1) is 0 Å². The van der Waals surface area contributed by atoms with Crippen LogP contribution in [0.3, 0.4) is 0 Å². The molecule has 0 spiro atoms. The third-order valence-electron chi connectivity index (χ3n) is 2.89. The van der Waals surface area contributed by atoms with Crippen molar-refractivity contribution in [2.45, 2.75) is 20.3 Å². The van der Waals surface area contributed by atoms with Gasteiger partial charge in [0.25, 0.3) is 0 Å². The van der Waals surface area contributed by atoms with Crippen LogP contribution in [0.1, 0.15) is 22.5 Å². The molecule has 1 N–H and O–H groups in total. The summed E-state index contributed by atoms with van der Waals surface area (Å²) >= 11 is 0. The third-order valence-corrected chi connectivity index (χ3v) is 2.89. The summed E-state index contributed by atoms with van der Waals surface area (Å²) in [6.45, 7) is 3.57. The molecule has 0 saturated carbocycles. The highest BCUT2D eigenvalue weighted by atomic mass is 16.5. The number of benzene rings is 1. The van der Waals surface area contributed by atoms with Crippen molar-refractivity contribution < 1.29 is 14.6 Å². The quantitative estimate of drug-likeness (QED) is 0.932. The van der Waals surface area contributed by atoms with Gasteiger partial charge in [0, 0.05) is 11.8 Å². The van der Waals surface area contributed by atoms with E-state index in [-0.39, 0.29) is 6.42 Å². The first-order chi connectivity index (χ1) is 9.99. The number of ether oxygens (including phenoxy) is 1. The first-order valence-corrected chi connectivity index (χ1v) is 6.36. The number of nitriles is 1. The average molecular weight is 282 g/mol. The minimum absolute atomic E-state index is 0.0727. The molecule has 0 atom stereocenters. The van der Waals surface area contributed by atoms with Gasteiger partial charge >= 0.3 is 5.97 Å². The molecule has 1 heterocycles. The van der Waals surface area contributed by atoms with Gasteiger partial charge in [0.15, 0.2) is 0 Å². The maximum atomic E-state index is 10.7. The number of hydrogen-bond donors (Lipinski definition) is 1. The van der Waals surface area contributed by atoms with Crippen LogP contribution < -0.4 is 4.74 Å². The summed E-state index contributed by atoms with van der Waals surface area (Å²) in [6.07, 6.45) is -0.0727. The van der Waals surface area contributed by atoms with Crippen LogP contribution in [-0.4, -0.2) is 16.1 Å². The summed E-state index contributed by atoms with van der Waals surface area (Å²) in [6, 6.07) is 10.6. The topological polar surface area (TPSA) is 83.2 Å². The monoisotopic (exact) mass is 282 g/mol. The van der Waals surface area contributed by atoms with Crippen LogP contribution in [0.4, 0.5) is 0 Å². The Morgan fingerprint density at radius 3 is 2.81 bits per heavy atom. The first kappa shape index (κ1) is 14.5. The summed E-state index contributed by atoms with van der Waals surface area (Å²) in [5.41, 5.74) is 2.38. The van der Waals surface area contributed by atoms with Crippen LogP contribution in [-0.2, 0) is 11.2 Å². The van der Waals surface area contributed by atoms with Gasteiger partial charge in [0.05, 0.1) is 12.1 Å². The number of aliphatic carboxylic acids is 1. The van der Waals surface area contributed by atoms with Gasteiger partial charge < -0.3 is 9.84 Å². The normalized spacial score (nSPS) is 9.95. The molecule has 2 aromatic rings. The fraction of sp³-hybridized carbons (Fsp3) is 0.188. The first-order valence-electron chi connectivity index (χ1n) is 6.36. The van der Waals surface area contributed by atoms with Gasteiger partial charge in [-0.1, -0.05) is 12.1 Å². The molecule has 5 heteroatoms. The summed E-state index contributed by atoms with van der Waals surface area (Å²) in [4.78, 5) is 15.0. The van der Waals surface area contributed by atoms with Crippen molar-refractivity contribution in [3.63, 3.8) is 0 Å². The Kier molecular flexibility index (Phi) is 4.19. The van der Waals surface area contributed by atoms with Gasteiger partial charge in [-0.05, 0) is 31.5 Å². The standard InChI is InChI=1S/C16H14N2O3/c1-10-6-15(14(9-17)11(2)18-10)21-13-5-3-4-12(7-13)8-16(19)20/h3-7H,8H2,1-2H3,(H,19,20). The summed E-state index contributed by atoms with van der Waals surface area (Å²) in [5, 5.41) is 18.0. The van der Waals surface area contributed by atoms with E-state index in [1.807, 2.05) is 6.92 Å². The Morgan fingerprint density at radius 2 is 2.14 bits per heavy atom. The zero-order valence-corrected chi connectivity index (χ0v) is 11.8. The fourth-order valence-electron chi connectivity index (χ4n) is 2.03. The van der Waals surface area contributed by atoms with Gasteiger partial charge in [-0.25, -0.2) is 0 Å². The predicted octanol–water partition coefficient (Wildman–Crippen LogP) is 2.99. The van der Waals surface area contributed by atoms with Crippen LogP contribution in [0.2, 0.25) is 0 Å². The highest BCUT2D eigenvalue weighted by molar-refractivity contribution is 5.70. The maximum absolute atomic E-state index is 10.7. The van der Waals surface area contributed by atoms with E-state index >= 15 is 0 Å². The van der Waals surface area contributed by atoms with E-state index in [0.717, 1.165) is 5.69 Å². The minimum Gasteiger partial charge on any atom is -0.481 e. The van der Waals surface area contributed by atoms with Crippen molar-refractivity contribution in [2.75, 3.05) is 0 Å². The number of nitrogens with zero attached hydrogens (tertiary/aromatic N) is 2. The van der Waals surface area contributed by atoms with E-state index in [2.05, 4.69) is 11.1 Å². The highest BCUT2D eigenvalue weighted by Crippen LogP contribution is 2.27. The zero-order chi connectivity index (χ0) is 15.4. The van der Waals surface area contributed by atoms with Gasteiger partial charge in [0.1, 0.15) is 23.1 Å². The number of carboxylic acid groups (broad SMARTS) is 1. The van der Waals surface area contributed by atoms with Crippen molar-refractivity contribution in [2.24, 2.45) is 0 Å². The van der Waals surface area contributed by atoms with Crippen LogP contribution >= 0.6 is 0 Å². The molecule has 5 nitrogen and oxygen atoms in total. The number of aryl methyl sites for hydroxylation is 2. The molecule has 1 aromatic carbocycles. The largest absolute Gasteiger partial charge is 0.481 e. The van der Waals surface area contributed by atoms with Crippen molar-refractivity contribution >= 4 is 5.97 Å². The second-order valence-electron chi connectivity index (χ2n) is 4.65. The summed E-state index contributed by atoms with van der Waals surface area (Å²) in [7, 11) is 0. The van der Waals surface area contributed by atoms with Crippen LogP contribution in [0, 0.1) is 25.2 Å². The lowest BCUT2D eigenvalue weighted by Crippen LogP contribution is -2.00. The molecule has 0 saturated heterocycles. The fourth-order valence-corrected chi connectivity index (χ4v) is 2.03. The number of aromatic nitrogens is 1. The number of carboxylic acids is 1. The molecule has 0 fully saturated rings. The number of hydrogen-bond acceptors (Lipinski definition) is 4. The van der Waals surface area contributed by atoms with Crippen LogP contribution in [0.5, 0.6) is 11.5 Å². The molecule has 106 valence electrons. The second-order valence-corrected chi connectivity index (χ2v) is 4.65. The van der Waals surface area contributed by atoms with E-state index in [1.165, 1.54) is 0 Å². The molecule has 0 amide bonds. The highest BCUT2D eigenvalue weighted by Gasteiger charge is 2.11. The molecule has 2 rings (SSSR count). The molecular formula is C16H14N2O3. The molecule has 0 aliphatic heterocycles. The van der Waals surface area contributed by atoms with E-state index in [1.54, 1.807) is 37.3 Å². The van der Waals surface area contributed by atoms with Crippen LogP contribution in [0.25, 0.3) is 0 Å². The molecule has 0 aliphatic rings. The van der Waals surface area contributed by atoms with Crippen molar-refractivity contribution in [3.05, 3.63) is 52.8 Å². The molecular weight excluding hydrogens is 268 g/mol. The van der Waals surface area contributed by atoms with Crippen molar-refractivity contribution in [1.29, 1.82) is 5.26 Å². The average Bonchev–Trinajstić information content (AvgIpc) is 2.37. The van der Waals surface area contributed by atoms with Crippen molar-refractivity contribution in [3.8, 4) is 17.6 Å². The summed E-state index contributed by atoms with van der Waals surface area (Å²) in [5.74, 6) is 0.0192. The minimum atomic E-state index is -0.902. The molecule has 0 radical (unpaired) electrons. The number of carbonyl (C=O) groups is 1. The van der Waals surface area contributed by atoms with E-state index < -0.39 is 5.97 Å². The van der Waals surface area contributed by atoms with E-state index in [4.69, 9.17) is 9.84 Å². The smallest absolute Gasteiger partial charge is 0.307 e. The maximum Gasteiger partial charge on any atom is 0.307 e. The molecule has 1 aromatic heterocycles. The summed E-state index contributed by atoms with van der Waals surface area (Å²) < 4.78 is 5.73. The lowest BCUT2D eigenvalue weighted by Gasteiger charge is -2.10. The Morgan fingerprint density at radius 1 is 1.38 bits per heavy atom. The SMILES string of the molecule is Cc1cc(Oc2cccc(CC(=O)O)c2)c(C#N)c(C)n1. The van der Waals surface area contributed by atoms with Crippen LogP contribution in [0.15, 0.2) is 30.3 Å². The van der Waals surface area contributed by atoms with E-state index in [9.17, 15) is 10.1 Å². The van der Waals surface area contributed by atoms with Gasteiger partial charge in [0.2, 0.25) is 0 Å².